The molecule has 1 aliphatic heterocycles. The largest absolute Gasteiger partial charge is 0.398 e. The third-order valence-electron chi connectivity index (χ3n) is 3.34. The first-order valence-corrected chi connectivity index (χ1v) is 9.83. The molecule has 0 saturated carbocycles. The zero-order valence-electron chi connectivity index (χ0n) is 11.4. The summed E-state index contributed by atoms with van der Waals surface area (Å²) in [6, 6.07) is 3.23. The van der Waals surface area contributed by atoms with Crippen LogP contribution in [0.3, 0.4) is 0 Å². The van der Waals surface area contributed by atoms with E-state index in [0.29, 0.717) is 17.4 Å². The first-order valence-electron chi connectivity index (χ1n) is 6.76. The van der Waals surface area contributed by atoms with Gasteiger partial charge in [0.15, 0.2) is 0 Å². The van der Waals surface area contributed by atoms with E-state index in [4.69, 9.17) is 10.5 Å². The van der Waals surface area contributed by atoms with Crippen molar-refractivity contribution in [2.24, 2.45) is 0 Å². The van der Waals surface area contributed by atoms with E-state index < -0.39 is 10.0 Å². The van der Waals surface area contributed by atoms with Crippen LogP contribution in [0, 0.1) is 0 Å². The molecule has 3 N–H and O–H groups in total. The van der Waals surface area contributed by atoms with Gasteiger partial charge in [-0.05, 0) is 53.7 Å². The fraction of sp³-hybridized carbons (Fsp3) is 0.538. The summed E-state index contributed by atoms with van der Waals surface area (Å²) in [4.78, 5) is 0.0789. The van der Waals surface area contributed by atoms with Gasteiger partial charge in [-0.25, -0.2) is 13.1 Å². The Morgan fingerprint density at radius 1 is 1.33 bits per heavy atom. The number of nitrogen functional groups attached to an aromatic ring is 1. The minimum absolute atomic E-state index is 0.0789. The van der Waals surface area contributed by atoms with E-state index in [-0.39, 0.29) is 16.7 Å². The number of hydrogen-bond acceptors (Lipinski definition) is 4. The van der Waals surface area contributed by atoms with E-state index in [1.165, 1.54) is 0 Å². The van der Waals surface area contributed by atoms with Gasteiger partial charge in [0.2, 0.25) is 10.0 Å². The summed E-state index contributed by atoms with van der Waals surface area (Å²) in [6.07, 6.45) is 4.04. The molecular weight excluding hydrogens is 424 g/mol. The minimum Gasteiger partial charge on any atom is -0.398 e. The van der Waals surface area contributed by atoms with Gasteiger partial charge < -0.3 is 10.5 Å². The lowest BCUT2D eigenvalue weighted by molar-refractivity contribution is 0.0123. The van der Waals surface area contributed by atoms with Crippen molar-refractivity contribution in [2.45, 2.75) is 36.7 Å². The summed E-state index contributed by atoms with van der Waals surface area (Å²) in [5.74, 6) is 0. The van der Waals surface area contributed by atoms with Gasteiger partial charge in [-0.3, -0.25) is 0 Å². The second-order valence-corrected chi connectivity index (χ2v) is 8.45. The van der Waals surface area contributed by atoms with Gasteiger partial charge in [0.25, 0.3) is 0 Å². The van der Waals surface area contributed by atoms with Crippen LogP contribution in [0.15, 0.2) is 26.0 Å². The lowest BCUT2D eigenvalue weighted by Gasteiger charge is -2.22. The maximum Gasteiger partial charge on any atom is 0.243 e. The standard InChI is InChI=1S/C13H18Br2N2O3S/c14-9-7-11(15)13(12(16)8-9)21(18,19)17-5-4-10-3-1-2-6-20-10/h7-8,10,17H,1-6,16H2. The van der Waals surface area contributed by atoms with Crippen molar-refractivity contribution in [3.05, 3.63) is 21.1 Å². The summed E-state index contributed by atoms with van der Waals surface area (Å²) < 4.78 is 34.0. The maximum absolute atomic E-state index is 12.3. The van der Waals surface area contributed by atoms with E-state index in [1.807, 2.05) is 0 Å². The molecule has 0 aliphatic carbocycles. The molecule has 0 amide bonds. The molecule has 1 saturated heterocycles. The lowest BCUT2D eigenvalue weighted by atomic mass is 10.1. The van der Waals surface area contributed by atoms with Crippen molar-refractivity contribution in [3.8, 4) is 0 Å². The normalized spacial score (nSPS) is 19.6. The SMILES string of the molecule is Nc1cc(Br)cc(Br)c1S(=O)(=O)NCCC1CCCCO1. The van der Waals surface area contributed by atoms with Crippen LogP contribution in [0.4, 0.5) is 5.69 Å². The number of halogens is 2. The lowest BCUT2D eigenvalue weighted by Crippen LogP contribution is -2.30. The molecule has 21 heavy (non-hydrogen) atoms. The number of nitrogens with two attached hydrogens (primary N) is 1. The van der Waals surface area contributed by atoms with Crippen molar-refractivity contribution >= 4 is 47.6 Å². The number of benzene rings is 1. The number of hydrogen-bond donors (Lipinski definition) is 2. The van der Waals surface area contributed by atoms with E-state index in [9.17, 15) is 8.42 Å². The van der Waals surface area contributed by atoms with Crippen molar-refractivity contribution < 1.29 is 13.2 Å². The van der Waals surface area contributed by atoms with Gasteiger partial charge in [0.1, 0.15) is 4.90 Å². The molecule has 1 fully saturated rings. The molecular formula is C13H18Br2N2O3S. The summed E-state index contributed by atoms with van der Waals surface area (Å²) in [7, 11) is -3.64. The average molecular weight is 442 g/mol. The van der Waals surface area contributed by atoms with Gasteiger partial charge in [-0.1, -0.05) is 15.9 Å². The van der Waals surface area contributed by atoms with Crippen LogP contribution in [0.1, 0.15) is 25.7 Å². The quantitative estimate of drug-likeness (QED) is 0.688. The number of rotatable bonds is 5. The molecule has 0 spiro atoms. The Bertz CT molecular complexity index is 578. The van der Waals surface area contributed by atoms with Crippen molar-refractivity contribution in [2.75, 3.05) is 18.9 Å². The predicted molar refractivity (Wildman–Crippen MR) is 89.7 cm³/mol. The predicted octanol–water partition coefficient (Wildman–Crippen LogP) is 3.03. The zero-order valence-corrected chi connectivity index (χ0v) is 15.4. The molecule has 0 aromatic heterocycles. The van der Waals surface area contributed by atoms with Crippen LogP contribution in [0.2, 0.25) is 0 Å². The molecule has 1 heterocycles. The third kappa shape index (κ3) is 4.66. The Labute approximate surface area is 141 Å². The molecule has 118 valence electrons. The highest BCUT2D eigenvalue weighted by Gasteiger charge is 2.22. The van der Waals surface area contributed by atoms with Crippen LogP contribution in [0.5, 0.6) is 0 Å². The fourth-order valence-electron chi connectivity index (χ4n) is 2.33. The Morgan fingerprint density at radius 2 is 2.10 bits per heavy atom. The number of ether oxygens (including phenoxy) is 1. The first-order chi connectivity index (χ1) is 9.90. The van der Waals surface area contributed by atoms with Crippen LogP contribution < -0.4 is 10.5 Å². The number of nitrogens with one attached hydrogen (secondary N) is 1. The monoisotopic (exact) mass is 440 g/mol. The molecule has 0 bridgehead atoms. The van der Waals surface area contributed by atoms with Gasteiger partial charge in [-0.15, -0.1) is 0 Å². The third-order valence-corrected chi connectivity index (χ3v) is 6.26. The molecule has 2 rings (SSSR count). The summed E-state index contributed by atoms with van der Waals surface area (Å²) in [6.45, 7) is 1.11. The summed E-state index contributed by atoms with van der Waals surface area (Å²) >= 11 is 6.53. The van der Waals surface area contributed by atoms with Gasteiger partial charge >= 0.3 is 0 Å². The highest BCUT2D eigenvalue weighted by atomic mass is 79.9. The minimum atomic E-state index is -3.64. The molecule has 8 heteroatoms. The molecule has 5 nitrogen and oxygen atoms in total. The van der Waals surface area contributed by atoms with Crippen LogP contribution in [0.25, 0.3) is 0 Å². The van der Waals surface area contributed by atoms with Gasteiger partial charge in [-0.2, -0.15) is 0 Å². The van der Waals surface area contributed by atoms with E-state index in [1.54, 1.807) is 12.1 Å². The van der Waals surface area contributed by atoms with E-state index >= 15 is 0 Å². The van der Waals surface area contributed by atoms with Gasteiger partial charge in [0.05, 0.1) is 11.8 Å². The zero-order chi connectivity index (χ0) is 15.5. The molecule has 1 aromatic carbocycles. The van der Waals surface area contributed by atoms with E-state index in [0.717, 1.165) is 30.3 Å². The topological polar surface area (TPSA) is 81.4 Å². The molecule has 1 aliphatic rings. The fourth-order valence-corrected chi connectivity index (χ4v) is 5.44. The summed E-state index contributed by atoms with van der Waals surface area (Å²) in [5.41, 5.74) is 6.03. The number of sulfonamides is 1. The van der Waals surface area contributed by atoms with E-state index in [2.05, 4.69) is 36.6 Å². The summed E-state index contributed by atoms with van der Waals surface area (Å²) in [5, 5.41) is 0. The van der Waals surface area contributed by atoms with Crippen LogP contribution in [-0.2, 0) is 14.8 Å². The van der Waals surface area contributed by atoms with Crippen molar-refractivity contribution in [1.29, 1.82) is 0 Å². The second kappa shape index (κ2) is 7.41. The van der Waals surface area contributed by atoms with Crippen molar-refractivity contribution in [3.63, 3.8) is 0 Å². The maximum atomic E-state index is 12.3. The van der Waals surface area contributed by atoms with Crippen LogP contribution in [-0.4, -0.2) is 27.7 Å². The Balaban J connectivity index is 2.01. The Hall–Kier alpha value is -0.150. The van der Waals surface area contributed by atoms with Crippen molar-refractivity contribution in [1.82, 2.24) is 4.72 Å². The second-order valence-electron chi connectivity index (χ2n) is 4.98. The number of anilines is 1. The van der Waals surface area contributed by atoms with Gasteiger partial charge in [0, 0.05) is 22.1 Å². The Morgan fingerprint density at radius 3 is 2.71 bits per heavy atom. The van der Waals surface area contributed by atoms with Crippen LogP contribution >= 0.6 is 31.9 Å². The highest BCUT2D eigenvalue weighted by Crippen LogP contribution is 2.31. The molecule has 1 atom stereocenters. The first kappa shape index (κ1) is 17.2. The molecule has 1 aromatic rings. The smallest absolute Gasteiger partial charge is 0.243 e. The molecule has 0 radical (unpaired) electrons. The Kier molecular flexibility index (Phi) is 6.07. The molecule has 1 unspecified atom stereocenters. The average Bonchev–Trinajstić information content (AvgIpc) is 2.38. The highest BCUT2D eigenvalue weighted by molar-refractivity contribution is 9.11.